The maximum atomic E-state index is 10.6. The summed E-state index contributed by atoms with van der Waals surface area (Å²) in [7, 11) is 3.57. The highest BCUT2D eigenvalue weighted by Crippen LogP contribution is 2.39. The number of aldehydes is 1. The Morgan fingerprint density at radius 2 is 2.11 bits per heavy atom. The predicted molar refractivity (Wildman–Crippen MR) is 81.2 cm³/mol. The van der Waals surface area contributed by atoms with Crippen LogP contribution < -0.4 is 0 Å². The number of hydrogen-bond acceptors (Lipinski definition) is 4. The largest absolute Gasteiger partial charge is 0.298 e. The van der Waals surface area contributed by atoms with Crippen LogP contribution in [0.25, 0.3) is 0 Å². The van der Waals surface area contributed by atoms with Crippen molar-refractivity contribution >= 4 is 32.9 Å². The molecule has 0 saturated heterocycles. The van der Waals surface area contributed by atoms with Crippen LogP contribution in [0.2, 0.25) is 0 Å². The summed E-state index contributed by atoms with van der Waals surface area (Å²) >= 11 is 0. The van der Waals surface area contributed by atoms with Gasteiger partial charge in [0.1, 0.15) is 6.29 Å². The highest BCUT2D eigenvalue weighted by molar-refractivity contribution is 8.82. The van der Waals surface area contributed by atoms with Gasteiger partial charge in [-0.2, -0.15) is 0 Å². The maximum absolute atomic E-state index is 10.6. The Hall–Kier alpha value is -1.00. The Labute approximate surface area is 115 Å². The van der Waals surface area contributed by atoms with E-state index >= 15 is 0 Å². The Bertz CT molecular complexity index is 465. The van der Waals surface area contributed by atoms with Crippen molar-refractivity contribution in [3.05, 3.63) is 47.7 Å². The summed E-state index contributed by atoms with van der Waals surface area (Å²) in [4.78, 5) is 14.9. The molecule has 0 radical (unpaired) electrons. The summed E-state index contributed by atoms with van der Waals surface area (Å²) in [5, 5.41) is 1.59. The van der Waals surface area contributed by atoms with Crippen LogP contribution in [0.15, 0.2) is 41.5 Å². The smallest absolute Gasteiger partial charge is 0.150 e. The molecule has 1 aliphatic heterocycles. The Kier molecular flexibility index (Phi) is 5.08. The van der Waals surface area contributed by atoms with Gasteiger partial charge in [0.15, 0.2) is 0 Å². The van der Waals surface area contributed by atoms with Gasteiger partial charge in [0.25, 0.3) is 0 Å². The van der Waals surface area contributed by atoms with Crippen LogP contribution in [0.5, 0.6) is 0 Å². The molecule has 4 heteroatoms. The summed E-state index contributed by atoms with van der Waals surface area (Å²) in [6.07, 6.45) is 6.99. The van der Waals surface area contributed by atoms with E-state index in [9.17, 15) is 4.79 Å². The molecule has 0 aliphatic carbocycles. The summed E-state index contributed by atoms with van der Waals surface area (Å²) in [6.45, 7) is 2.17. The molecule has 1 aliphatic rings. The topological polar surface area (TPSA) is 29.4 Å². The zero-order valence-electron chi connectivity index (χ0n) is 10.2. The van der Waals surface area contributed by atoms with Crippen molar-refractivity contribution in [3.8, 4) is 0 Å². The predicted octanol–water partition coefficient (Wildman–Crippen LogP) is 4.65. The maximum Gasteiger partial charge on any atom is 0.150 e. The van der Waals surface area contributed by atoms with Gasteiger partial charge in [0.2, 0.25) is 0 Å². The molecule has 94 valence electrons. The molecule has 1 aromatic carbocycles. The number of benzene rings is 1. The number of carbonyl (C=O) groups excluding carboxylic acids is 1. The first-order chi connectivity index (χ1) is 8.79. The molecule has 0 bridgehead atoms. The highest BCUT2D eigenvalue weighted by Gasteiger charge is 2.10. The zero-order valence-corrected chi connectivity index (χ0v) is 11.8. The minimum absolute atomic E-state index is 0.393. The highest BCUT2D eigenvalue weighted by atomic mass is 33.1. The molecule has 0 spiro atoms. The quantitative estimate of drug-likeness (QED) is 0.592. The van der Waals surface area contributed by atoms with Crippen LogP contribution in [-0.2, 0) is 0 Å². The average molecular weight is 277 g/mol. The number of hydrogen-bond donors (Lipinski definition) is 0. The number of allylic oxidation sites excluding steroid dienone is 1. The van der Waals surface area contributed by atoms with E-state index in [0.29, 0.717) is 5.25 Å². The molecule has 0 amide bonds. The Morgan fingerprint density at radius 1 is 1.33 bits per heavy atom. The normalized spacial score (nSPS) is 16.2. The average Bonchev–Trinajstić information content (AvgIpc) is 2.46. The molecule has 2 nitrogen and oxygen atoms in total. The van der Waals surface area contributed by atoms with Gasteiger partial charge in [0.05, 0.1) is 5.04 Å². The van der Waals surface area contributed by atoms with Crippen LogP contribution >= 0.6 is 21.6 Å². The molecule has 0 saturated carbocycles. The van der Waals surface area contributed by atoms with E-state index in [1.807, 2.05) is 41.3 Å². The fourth-order valence-electron chi connectivity index (χ4n) is 1.57. The molecular weight excluding hydrogens is 262 g/mol. The van der Waals surface area contributed by atoms with Gasteiger partial charge in [-0.15, -0.1) is 0 Å². The number of carbonyl (C=O) groups is 1. The lowest BCUT2D eigenvalue weighted by Crippen LogP contribution is -1.94. The number of rotatable bonds is 4. The molecule has 1 atom stereocenters. The summed E-state index contributed by atoms with van der Waals surface area (Å²) in [5.41, 5.74) is 1.97. The fraction of sp³-hybridized carbons (Fsp3) is 0.286. The number of nitrogens with zero attached hydrogens (tertiary/aromatic N) is 1. The van der Waals surface area contributed by atoms with E-state index in [0.717, 1.165) is 24.7 Å². The van der Waals surface area contributed by atoms with Crippen LogP contribution in [0.3, 0.4) is 0 Å². The molecule has 18 heavy (non-hydrogen) atoms. The molecule has 1 unspecified atom stereocenters. The van der Waals surface area contributed by atoms with Crippen LogP contribution in [0, 0.1) is 0 Å². The van der Waals surface area contributed by atoms with Gasteiger partial charge < -0.3 is 0 Å². The first-order valence-electron chi connectivity index (χ1n) is 5.90. The van der Waals surface area contributed by atoms with Gasteiger partial charge in [-0.05, 0) is 29.7 Å². The lowest BCUT2D eigenvalue weighted by molar-refractivity contribution is 0.112. The lowest BCUT2D eigenvalue weighted by Gasteiger charge is -2.12. The van der Waals surface area contributed by atoms with Crippen molar-refractivity contribution < 1.29 is 4.79 Å². The second-order valence-corrected chi connectivity index (χ2v) is 6.67. The molecular formula is C14H15NOS2. The molecule has 2 rings (SSSR count). The zero-order chi connectivity index (χ0) is 12.8. The second kappa shape index (κ2) is 6.81. The van der Waals surface area contributed by atoms with E-state index in [-0.39, 0.29) is 0 Å². The second-order valence-electron chi connectivity index (χ2n) is 4.05. The van der Waals surface area contributed by atoms with Crippen molar-refractivity contribution in [2.24, 2.45) is 4.99 Å². The van der Waals surface area contributed by atoms with Gasteiger partial charge >= 0.3 is 0 Å². The molecule has 0 fully saturated rings. The minimum Gasteiger partial charge on any atom is -0.298 e. The van der Waals surface area contributed by atoms with Crippen LogP contribution in [0.4, 0.5) is 0 Å². The minimum atomic E-state index is 0.393. The van der Waals surface area contributed by atoms with Crippen LogP contribution in [0.1, 0.15) is 40.9 Å². The van der Waals surface area contributed by atoms with E-state index in [2.05, 4.69) is 18.0 Å². The van der Waals surface area contributed by atoms with E-state index < -0.39 is 0 Å². The van der Waals surface area contributed by atoms with Crippen molar-refractivity contribution in [2.45, 2.75) is 25.0 Å². The summed E-state index contributed by atoms with van der Waals surface area (Å²) < 4.78 is 0. The summed E-state index contributed by atoms with van der Waals surface area (Å²) in [5.74, 6) is 0. The molecule has 1 aromatic rings. The van der Waals surface area contributed by atoms with E-state index in [1.54, 1.807) is 10.8 Å². The first kappa shape index (κ1) is 13.4. The third-order valence-corrected chi connectivity index (χ3v) is 5.57. The van der Waals surface area contributed by atoms with Crippen molar-refractivity contribution in [3.63, 3.8) is 0 Å². The van der Waals surface area contributed by atoms with Crippen molar-refractivity contribution in [1.82, 2.24) is 0 Å². The van der Waals surface area contributed by atoms with Gasteiger partial charge in [-0.25, -0.2) is 0 Å². The molecule has 0 aromatic heterocycles. The fourth-order valence-corrected chi connectivity index (χ4v) is 3.88. The van der Waals surface area contributed by atoms with Gasteiger partial charge in [-0.3, -0.25) is 9.79 Å². The SMILES string of the molecule is CC(SSC1=NC=CCC1)c1ccc(C=O)cc1. The standard InChI is InChI=1S/C14H15NOS2/c1-11(13-7-5-12(10-16)6-8-13)17-18-14-4-2-3-9-15-14/h3,5-11H,2,4H2,1H3. The van der Waals surface area contributed by atoms with Crippen molar-refractivity contribution in [2.75, 3.05) is 0 Å². The third-order valence-electron chi connectivity index (χ3n) is 2.68. The monoisotopic (exact) mass is 277 g/mol. The first-order valence-corrected chi connectivity index (χ1v) is 8.11. The Morgan fingerprint density at radius 3 is 2.72 bits per heavy atom. The van der Waals surface area contributed by atoms with Crippen molar-refractivity contribution in [1.29, 1.82) is 0 Å². The van der Waals surface area contributed by atoms with E-state index in [1.165, 1.54) is 10.6 Å². The number of aliphatic imine (C=N–C) groups is 1. The van der Waals surface area contributed by atoms with E-state index in [4.69, 9.17) is 0 Å². The van der Waals surface area contributed by atoms with Crippen LogP contribution in [-0.4, -0.2) is 11.3 Å². The van der Waals surface area contributed by atoms with Gasteiger partial charge in [-0.1, -0.05) is 41.1 Å². The lowest BCUT2D eigenvalue weighted by atomic mass is 10.1. The molecule has 1 heterocycles. The summed E-state index contributed by atoms with van der Waals surface area (Å²) in [6, 6.07) is 7.77. The third kappa shape index (κ3) is 3.75. The Balaban J connectivity index is 1.90. The molecule has 0 N–H and O–H groups in total. The van der Waals surface area contributed by atoms with Gasteiger partial charge in [0, 0.05) is 23.4 Å².